The molecule has 1 aromatic heterocycles. The molecule has 106 valence electrons. The lowest BCUT2D eigenvalue weighted by Crippen LogP contribution is -1.96. The van der Waals surface area contributed by atoms with Crippen LogP contribution in [0.2, 0.25) is 0 Å². The van der Waals surface area contributed by atoms with E-state index in [1.807, 2.05) is 18.2 Å². The minimum atomic E-state index is 0.551. The van der Waals surface area contributed by atoms with Crippen LogP contribution in [-0.2, 0) is 6.54 Å². The van der Waals surface area contributed by atoms with Gasteiger partial charge in [-0.05, 0) is 25.0 Å². The fourth-order valence-corrected chi connectivity index (χ4v) is 3.40. The monoisotopic (exact) mass is 290 g/mol. The molecule has 0 bridgehead atoms. The molecule has 2 N–H and O–H groups in total. The first-order chi connectivity index (χ1) is 9.78. The van der Waals surface area contributed by atoms with E-state index in [4.69, 9.17) is 20.2 Å². The lowest BCUT2D eigenvalue weighted by atomic mass is 10.2. The van der Waals surface area contributed by atoms with Crippen LogP contribution >= 0.6 is 11.3 Å². The van der Waals surface area contributed by atoms with Crippen LogP contribution in [0, 0.1) is 0 Å². The zero-order valence-corrected chi connectivity index (χ0v) is 12.5. The zero-order valence-electron chi connectivity index (χ0n) is 11.7. The van der Waals surface area contributed by atoms with Gasteiger partial charge in [-0.3, -0.25) is 0 Å². The van der Waals surface area contributed by atoms with E-state index in [0.29, 0.717) is 12.5 Å². The molecule has 1 heterocycles. The standard InChI is InChI=1S/C15H18N2O2S/c1-18-11-5-3-4-10(14(11)19-2)15-17-13(9-6-7-9)12(8-16)20-15/h3-5,9H,6-8,16H2,1-2H3. The largest absolute Gasteiger partial charge is 0.493 e. The van der Waals surface area contributed by atoms with Gasteiger partial charge in [-0.1, -0.05) is 6.07 Å². The molecule has 3 rings (SSSR count). The number of nitrogens with zero attached hydrogens (tertiary/aromatic N) is 1. The van der Waals surface area contributed by atoms with Crippen molar-refractivity contribution in [3.8, 4) is 22.1 Å². The third kappa shape index (κ3) is 2.27. The third-order valence-electron chi connectivity index (χ3n) is 3.51. The number of hydrogen-bond acceptors (Lipinski definition) is 5. The number of hydrogen-bond donors (Lipinski definition) is 1. The minimum Gasteiger partial charge on any atom is -0.493 e. The van der Waals surface area contributed by atoms with Crippen LogP contribution in [0.5, 0.6) is 11.5 Å². The Bertz CT molecular complexity index is 620. The highest BCUT2D eigenvalue weighted by Crippen LogP contribution is 2.46. The summed E-state index contributed by atoms with van der Waals surface area (Å²) in [6.45, 7) is 0.551. The van der Waals surface area contributed by atoms with E-state index >= 15 is 0 Å². The maximum absolute atomic E-state index is 5.85. The second kappa shape index (κ2) is 5.42. The average molecular weight is 290 g/mol. The number of aromatic nitrogens is 1. The number of methoxy groups -OCH3 is 2. The van der Waals surface area contributed by atoms with Crippen LogP contribution in [0.4, 0.5) is 0 Å². The number of thiazole rings is 1. The molecule has 0 atom stereocenters. The van der Waals surface area contributed by atoms with Gasteiger partial charge in [-0.25, -0.2) is 4.98 Å². The molecule has 1 fully saturated rings. The van der Waals surface area contributed by atoms with E-state index < -0.39 is 0 Å². The summed E-state index contributed by atoms with van der Waals surface area (Å²) < 4.78 is 10.8. The van der Waals surface area contributed by atoms with Crippen molar-refractivity contribution in [2.75, 3.05) is 14.2 Å². The van der Waals surface area contributed by atoms with E-state index in [0.717, 1.165) is 22.1 Å². The first-order valence-electron chi connectivity index (χ1n) is 6.69. The average Bonchev–Trinajstić information content (AvgIpc) is 3.25. The molecule has 1 aliphatic carbocycles. The molecule has 20 heavy (non-hydrogen) atoms. The van der Waals surface area contributed by atoms with Crippen LogP contribution in [-0.4, -0.2) is 19.2 Å². The van der Waals surface area contributed by atoms with Gasteiger partial charge in [0.25, 0.3) is 0 Å². The summed E-state index contributed by atoms with van der Waals surface area (Å²) in [7, 11) is 3.30. The summed E-state index contributed by atoms with van der Waals surface area (Å²) >= 11 is 1.66. The number of ether oxygens (including phenoxy) is 2. The number of rotatable bonds is 5. The van der Waals surface area contributed by atoms with Gasteiger partial charge in [0.2, 0.25) is 0 Å². The van der Waals surface area contributed by atoms with E-state index in [1.54, 1.807) is 25.6 Å². The molecule has 0 radical (unpaired) electrons. The Morgan fingerprint density at radius 2 is 2.10 bits per heavy atom. The van der Waals surface area contributed by atoms with Crippen molar-refractivity contribution < 1.29 is 9.47 Å². The highest BCUT2D eigenvalue weighted by atomic mass is 32.1. The second-order valence-corrected chi connectivity index (χ2v) is 5.93. The molecule has 5 heteroatoms. The van der Waals surface area contributed by atoms with Gasteiger partial charge >= 0.3 is 0 Å². The van der Waals surface area contributed by atoms with Gasteiger partial charge in [0, 0.05) is 17.3 Å². The van der Waals surface area contributed by atoms with Crippen molar-refractivity contribution in [2.24, 2.45) is 5.73 Å². The van der Waals surface area contributed by atoms with Crippen LogP contribution < -0.4 is 15.2 Å². The van der Waals surface area contributed by atoms with Gasteiger partial charge in [0.1, 0.15) is 5.01 Å². The Balaban J connectivity index is 2.08. The molecule has 0 amide bonds. The predicted molar refractivity (Wildman–Crippen MR) is 80.5 cm³/mol. The molecule has 1 saturated carbocycles. The van der Waals surface area contributed by atoms with Crippen molar-refractivity contribution in [3.63, 3.8) is 0 Å². The Kier molecular flexibility index (Phi) is 3.63. The number of nitrogens with two attached hydrogens (primary N) is 1. The molecular weight excluding hydrogens is 272 g/mol. The Hall–Kier alpha value is -1.59. The topological polar surface area (TPSA) is 57.4 Å². The first-order valence-corrected chi connectivity index (χ1v) is 7.51. The van der Waals surface area contributed by atoms with Crippen molar-refractivity contribution in [2.45, 2.75) is 25.3 Å². The minimum absolute atomic E-state index is 0.551. The van der Waals surface area contributed by atoms with E-state index in [1.165, 1.54) is 23.4 Å². The van der Waals surface area contributed by atoms with Crippen molar-refractivity contribution in [1.29, 1.82) is 0 Å². The molecule has 0 spiro atoms. The fourth-order valence-electron chi connectivity index (χ4n) is 2.36. The summed E-state index contributed by atoms with van der Waals surface area (Å²) in [5.41, 5.74) is 8.00. The molecule has 0 saturated heterocycles. The SMILES string of the molecule is COc1cccc(-c2nc(C3CC3)c(CN)s2)c1OC. The van der Waals surface area contributed by atoms with Crippen LogP contribution in [0.3, 0.4) is 0 Å². The summed E-state index contributed by atoms with van der Waals surface area (Å²) in [6, 6.07) is 5.86. The molecule has 0 aliphatic heterocycles. The normalized spacial score (nSPS) is 14.3. The van der Waals surface area contributed by atoms with Crippen LogP contribution in [0.25, 0.3) is 10.6 Å². The molecule has 1 aliphatic rings. The van der Waals surface area contributed by atoms with Crippen LogP contribution in [0.15, 0.2) is 18.2 Å². The van der Waals surface area contributed by atoms with Gasteiger partial charge in [-0.15, -0.1) is 11.3 Å². The van der Waals surface area contributed by atoms with Crippen molar-refractivity contribution in [1.82, 2.24) is 4.98 Å². The zero-order chi connectivity index (χ0) is 14.1. The quantitative estimate of drug-likeness (QED) is 0.919. The summed E-state index contributed by atoms with van der Waals surface area (Å²) in [6.07, 6.45) is 2.46. The molecule has 4 nitrogen and oxygen atoms in total. The van der Waals surface area contributed by atoms with E-state index in [-0.39, 0.29) is 0 Å². The highest BCUT2D eigenvalue weighted by molar-refractivity contribution is 7.15. The molecule has 0 unspecified atom stereocenters. The molecule has 1 aromatic carbocycles. The second-order valence-electron chi connectivity index (χ2n) is 4.85. The van der Waals surface area contributed by atoms with Crippen molar-refractivity contribution >= 4 is 11.3 Å². The number of para-hydroxylation sites is 1. The molecule has 2 aromatic rings. The number of benzene rings is 1. The Labute approximate surface area is 122 Å². The Morgan fingerprint density at radius 3 is 2.70 bits per heavy atom. The van der Waals surface area contributed by atoms with E-state index in [9.17, 15) is 0 Å². The lowest BCUT2D eigenvalue weighted by molar-refractivity contribution is 0.356. The first kappa shape index (κ1) is 13.4. The van der Waals surface area contributed by atoms with Gasteiger partial charge in [0.05, 0.1) is 25.5 Å². The summed E-state index contributed by atoms with van der Waals surface area (Å²) in [4.78, 5) is 5.99. The summed E-state index contributed by atoms with van der Waals surface area (Å²) in [5, 5.41) is 0.961. The fraction of sp³-hybridized carbons (Fsp3) is 0.400. The summed E-state index contributed by atoms with van der Waals surface area (Å²) in [5.74, 6) is 2.06. The maximum Gasteiger partial charge on any atom is 0.170 e. The smallest absolute Gasteiger partial charge is 0.170 e. The third-order valence-corrected chi connectivity index (χ3v) is 4.64. The van der Waals surface area contributed by atoms with Gasteiger partial charge < -0.3 is 15.2 Å². The van der Waals surface area contributed by atoms with Gasteiger partial charge in [-0.2, -0.15) is 0 Å². The predicted octanol–water partition coefficient (Wildman–Crippen LogP) is 3.16. The Morgan fingerprint density at radius 1 is 1.30 bits per heavy atom. The van der Waals surface area contributed by atoms with E-state index in [2.05, 4.69) is 0 Å². The van der Waals surface area contributed by atoms with Gasteiger partial charge in [0.15, 0.2) is 11.5 Å². The van der Waals surface area contributed by atoms with Crippen molar-refractivity contribution in [3.05, 3.63) is 28.8 Å². The lowest BCUT2D eigenvalue weighted by Gasteiger charge is -2.10. The maximum atomic E-state index is 5.85. The molecular formula is C15H18N2O2S. The van der Waals surface area contributed by atoms with Crippen LogP contribution in [0.1, 0.15) is 29.3 Å². The highest BCUT2D eigenvalue weighted by Gasteiger charge is 2.30.